The molecule has 0 aliphatic carbocycles. The third-order valence-electron chi connectivity index (χ3n) is 0.566. The van der Waals surface area contributed by atoms with Gasteiger partial charge in [0.25, 0.3) is 0 Å². The van der Waals surface area contributed by atoms with Gasteiger partial charge in [0.2, 0.25) is 0 Å². The standard InChI is InChI=1S/C6H9NO/c1-3-7-4-6(2)5-8/h3-4,8H,1-2,5H2/b7-4-. The summed E-state index contributed by atoms with van der Waals surface area (Å²) < 4.78 is 0. The normalized spacial score (nSPS) is 9.62. The minimum Gasteiger partial charge on any atom is -0.392 e. The molecule has 0 spiro atoms. The van der Waals surface area contributed by atoms with Gasteiger partial charge < -0.3 is 5.11 Å². The Bertz CT molecular complexity index is 116. The molecule has 0 rings (SSSR count). The van der Waals surface area contributed by atoms with Crippen LogP contribution in [0.15, 0.2) is 29.9 Å². The average molecular weight is 111 g/mol. The lowest BCUT2D eigenvalue weighted by Gasteiger charge is -1.85. The molecule has 0 radical (unpaired) electrons. The number of aliphatic hydroxyl groups excluding tert-OH is 1. The van der Waals surface area contributed by atoms with Crippen LogP contribution in [0.5, 0.6) is 0 Å². The molecule has 0 saturated heterocycles. The van der Waals surface area contributed by atoms with E-state index < -0.39 is 0 Å². The zero-order valence-electron chi connectivity index (χ0n) is 4.67. The minimum absolute atomic E-state index is 0.0443. The molecule has 44 valence electrons. The third-order valence-corrected chi connectivity index (χ3v) is 0.566. The summed E-state index contributed by atoms with van der Waals surface area (Å²) in [6.07, 6.45) is 2.86. The first-order valence-electron chi connectivity index (χ1n) is 2.24. The Hall–Kier alpha value is -0.890. The first kappa shape index (κ1) is 7.11. The van der Waals surface area contributed by atoms with Crippen molar-refractivity contribution in [2.24, 2.45) is 4.99 Å². The highest BCUT2D eigenvalue weighted by Crippen LogP contribution is 1.80. The van der Waals surface area contributed by atoms with Crippen LogP contribution in [-0.4, -0.2) is 17.9 Å². The second kappa shape index (κ2) is 4.27. The summed E-state index contributed by atoms with van der Waals surface area (Å²) in [5.41, 5.74) is 0.588. The molecule has 0 saturated carbocycles. The van der Waals surface area contributed by atoms with E-state index in [9.17, 15) is 0 Å². The lowest BCUT2D eigenvalue weighted by Crippen LogP contribution is -1.86. The van der Waals surface area contributed by atoms with Crippen molar-refractivity contribution in [3.63, 3.8) is 0 Å². The minimum atomic E-state index is -0.0443. The van der Waals surface area contributed by atoms with E-state index in [-0.39, 0.29) is 6.61 Å². The lowest BCUT2D eigenvalue weighted by molar-refractivity contribution is 0.338. The molecular weight excluding hydrogens is 102 g/mol. The molecule has 0 aromatic rings. The fourth-order valence-corrected chi connectivity index (χ4v) is 0.199. The van der Waals surface area contributed by atoms with Crippen LogP contribution in [0.1, 0.15) is 0 Å². The maximum Gasteiger partial charge on any atom is 0.0691 e. The molecule has 0 aliphatic rings. The lowest BCUT2D eigenvalue weighted by atomic mass is 10.4. The smallest absolute Gasteiger partial charge is 0.0691 e. The molecule has 0 aromatic heterocycles. The first-order valence-corrected chi connectivity index (χ1v) is 2.24. The highest BCUT2D eigenvalue weighted by Gasteiger charge is 1.78. The Kier molecular flexibility index (Phi) is 3.80. The molecule has 0 bridgehead atoms. The van der Waals surface area contributed by atoms with Crippen molar-refractivity contribution in [2.45, 2.75) is 0 Å². The van der Waals surface area contributed by atoms with Gasteiger partial charge in [-0.2, -0.15) is 0 Å². The van der Waals surface area contributed by atoms with Gasteiger partial charge in [0.1, 0.15) is 0 Å². The van der Waals surface area contributed by atoms with Gasteiger partial charge >= 0.3 is 0 Å². The van der Waals surface area contributed by atoms with Gasteiger partial charge in [0, 0.05) is 12.4 Å². The van der Waals surface area contributed by atoms with Crippen LogP contribution in [0.4, 0.5) is 0 Å². The second-order valence-electron chi connectivity index (χ2n) is 1.28. The predicted molar refractivity (Wildman–Crippen MR) is 34.9 cm³/mol. The second-order valence-corrected chi connectivity index (χ2v) is 1.28. The topological polar surface area (TPSA) is 32.6 Å². The third kappa shape index (κ3) is 3.31. The van der Waals surface area contributed by atoms with Crippen molar-refractivity contribution in [3.05, 3.63) is 24.9 Å². The van der Waals surface area contributed by atoms with Crippen molar-refractivity contribution < 1.29 is 5.11 Å². The van der Waals surface area contributed by atoms with Crippen LogP contribution < -0.4 is 0 Å². The van der Waals surface area contributed by atoms with Crippen LogP contribution in [-0.2, 0) is 0 Å². The van der Waals surface area contributed by atoms with Crippen LogP contribution in [0.25, 0.3) is 0 Å². The zero-order valence-corrected chi connectivity index (χ0v) is 4.67. The van der Waals surface area contributed by atoms with Crippen LogP contribution in [0, 0.1) is 0 Å². The molecule has 0 aromatic carbocycles. The molecule has 0 heterocycles. The molecule has 2 nitrogen and oxygen atoms in total. The van der Waals surface area contributed by atoms with Crippen LogP contribution >= 0.6 is 0 Å². The van der Waals surface area contributed by atoms with E-state index in [1.165, 1.54) is 12.4 Å². The molecule has 0 aliphatic heterocycles. The molecule has 8 heavy (non-hydrogen) atoms. The average Bonchev–Trinajstić information content (AvgIpc) is 1.83. The van der Waals surface area contributed by atoms with Crippen molar-refractivity contribution in [1.82, 2.24) is 0 Å². The van der Waals surface area contributed by atoms with Gasteiger partial charge in [-0.15, -0.1) is 0 Å². The van der Waals surface area contributed by atoms with E-state index in [1.54, 1.807) is 0 Å². The van der Waals surface area contributed by atoms with E-state index in [2.05, 4.69) is 18.2 Å². The number of hydrogen-bond donors (Lipinski definition) is 1. The van der Waals surface area contributed by atoms with Gasteiger partial charge in [-0.05, 0) is 5.57 Å². The Labute approximate surface area is 48.9 Å². The van der Waals surface area contributed by atoms with E-state index in [4.69, 9.17) is 5.11 Å². The maximum absolute atomic E-state index is 8.34. The van der Waals surface area contributed by atoms with Gasteiger partial charge in [-0.25, -0.2) is 0 Å². The summed E-state index contributed by atoms with van der Waals surface area (Å²) in [5.74, 6) is 0. The summed E-state index contributed by atoms with van der Waals surface area (Å²) in [5, 5.41) is 8.34. The Balaban J connectivity index is 3.52. The Morgan fingerprint density at radius 1 is 1.75 bits per heavy atom. The molecule has 0 unspecified atom stereocenters. The molecule has 1 N–H and O–H groups in total. The molecule has 2 heteroatoms. The van der Waals surface area contributed by atoms with E-state index in [0.29, 0.717) is 5.57 Å². The number of rotatable bonds is 3. The maximum atomic E-state index is 8.34. The van der Waals surface area contributed by atoms with Crippen molar-refractivity contribution >= 4 is 6.21 Å². The van der Waals surface area contributed by atoms with Gasteiger partial charge in [0.05, 0.1) is 6.61 Å². The zero-order chi connectivity index (χ0) is 6.41. The number of hydrogen-bond acceptors (Lipinski definition) is 2. The van der Waals surface area contributed by atoms with Crippen molar-refractivity contribution in [2.75, 3.05) is 6.61 Å². The van der Waals surface area contributed by atoms with Gasteiger partial charge in [-0.3, -0.25) is 4.99 Å². The summed E-state index contributed by atoms with van der Waals surface area (Å²) in [6.45, 7) is 6.77. The van der Waals surface area contributed by atoms with Gasteiger partial charge in [-0.1, -0.05) is 13.2 Å². The number of aliphatic imine (C=N–C) groups is 1. The summed E-state index contributed by atoms with van der Waals surface area (Å²) >= 11 is 0. The molecule has 0 atom stereocenters. The van der Waals surface area contributed by atoms with Crippen molar-refractivity contribution in [3.8, 4) is 0 Å². The van der Waals surface area contributed by atoms with Crippen molar-refractivity contribution in [1.29, 1.82) is 0 Å². The predicted octanol–water partition coefficient (Wildman–Crippen LogP) is 0.749. The summed E-state index contributed by atoms with van der Waals surface area (Å²) in [7, 11) is 0. The molecule has 0 fully saturated rings. The Morgan fingerprint density at radius 3 is 2.75 bits per heavy atom. The fraction of sp³-hybridized carbons (Fsp3) is 0.167. The highest BCUT2D eigenvalue weighted by atomic mass is 16.3. The van der Waals surface area contributed by atoms with Gasteiger partial charge in [0.15, 0.2) is 0 Å². The summed E-state index contributed by atoms with van der Waals surface area (Å²) in [6, 6.07) is 0. The number of aliphatic hydroxyl groups is 1. The molecular formula is C6H9NO. The van der Waals surface area contributed by atoms with E-state index in [0.717, 1.165) is 0 Å². The monoisotopic (exact) mass is 111 g/mol. The molecule has 0 amide bonds. The number of nitrogens with zero attached hydrogens (tertiary/aromatic N) is 1. The Morgan fingerprint density at radius 2 is 2.38 bits per heavy atom. The quantitative estimate of drug-likeness (QED) is 0.535. The first-order chi connectivity index (χ1) is 3.81. The largest absolute Gasteiger partial charge is 0.392 e. The SMILES string of the molecule is C=C/N=C\C(=C)CO. The van der Waals surface area contributed by atoms with E-state index >= 15 is 0 Å². The van der Waals surface area contributed by atoms with Crippen LogP contribution in [0.3, 0.4) is 0 Å². The summed E-state index contributed by atoms with van der Waals surface area (Å²) in [4.78, 5) is 3.62. The highest BCUT2D eigenvalue weighted by molar-refractivity contribution is 5.78. The van der Waals surface area contributed by atoms with E-state index in [1.807, 2.05) is 0 Å². The fourth-order valence-electron chi connectivity index (χ4n) is 0.199. The van der Waals surface area contributed by atoms with Crippen LogP contribution in [0.2, 0.25) is 0 Å².